The van der Waals surface area contributed by atoms with Crippen LogP contribution in [0.25, 0.3) is 0 Å². The van der Waals surface area contributed by atoms with Crippen molar-refractivity contribution < 1.29 is 21.6 Å². The second-order valence-corrected chi connectivity index (χ2v) is 9.32. The van der Waals surface area contributed by atoms with Gasteiger partial charge in [0.2, 0.25) is 10.0 Å². The summed E-state index contributed by atoms with van der Waals surface area (Å²) in [5.41, 5.74) is 1.19. The van der Waals surface area contributed by atoms with Crippen molar-refractivity contribution in [1.29, 1.82) is 0 Å². The predicted molar refractivity (Wildman–Crippen MR) is 79.9 cm³/mol. The smallest absolute Gasteiger partial charge is 0.243 e. The van der Waals surface area contributed by atoms with Crippen molar-refractivity contribution in [2.45, 2.75) is 18.7 Å². The maximum atomic E-state index is 12.7. The molecule has 1 aromatic carbocycles. The summed E-state index contributed by atoms with van der Waals surface area (Å²) >= 11 is 0. The van der Waals surface area contributed by atoms with E-state index >= 15 is 0 Å². The van der Waals surface area contributed by atoms with E-state index in [1.54, 1.807) is 26.0 Å². The highest BCUT2D eigenvalue weighted by atomic mass is 32.2. The average Bonchev–Trinajstić information content (AvgIpc) is 2.36. The SMILES string of the molecule is COc1cc(C)c(S(=O)(=O)N2CCS(=O)(=O)CC2)c(C)c1. The summed E-state index contributed by atoms with van der Waals surface area (Å²) in [7, 11) is -5.27. The van der Waals surface area contributed by atoms with Crippen LogP contribution in [0.15, 0.2) is 17.0 Å². The summed E-state index contributed by atoms with van der Waals surface area (Å²) < 4.78 is 54.7. The molecule has 0 amide bonds. The van der Waals surface area contributed by atoms with E-state index in [0.29, 0.717) is 16.9 Å². The number of aryl methyl sites for hydroxylation is 2. The fraction of sp³-hybridized carbons (Fsp3) is 0.538. The van der Waals surface area contributed by atoms with Gasteiger partial charge in [-0.15, -0.1) is 0 Å². The van der Waals surface area contributed by atoms with Gasteiger partial charge in [-0.05, 0) is 37.1 Å². The number of hydrogen-bond donors (Lipinski definition) is 0. The van der Waals surface area contributed by atoms with E-state index in [9.17, 15) is 16.8 Å². The summed E-state index contributed by atoms with van der Waals surface area (Å²) in [6.07, 6.45) is 0. The van der Waals surface area contributed by atoms with Gasteiger partial charge in [0.05, 0.1) is 23.5 Å². The number of sulfone groups is 1. The Morgan fingerprint density at radius 3 is 2.00 bits per heavy atom. The Bertz CT molecular complexity index is 716. The zero-order chi connectivity index (χ0) is 15.8. The van der Waals surface area contributed by atoms with Gasteiger partial charge in [0, 0.05) is 13.1 Å². The Labute approximate surface area is 125 Å². The van der Waals surface area contributed by atoms with Crippen molar-refractivity contribution in [2.24, 2.45) is 0 Å². The summed E-state index contributed by atoms with van der Waals surface area (Å²) in [6.45, 7) is 3.44. The molecule has 1 aliphatic rings. The molecule has 1 aromatic rings. The molecule has 1 aliphatic heterocycles. The van der Waals surface area contributed by atoms with E-state index in [1.807, 2.05) is 0 Å². The molecule has 1 heterocycles. The minimum absolute atomic E-state index is 0.00950. The lowest BCUT2D eigenvalue weighted by Crippen LogP contribution is -2.44. The number of nitrogens with zero attached hydrogens (tertiary/aromatic N) is 1. The number of sulfonamides is 1. The molecule has 0 aliphatic carbocycles. The molecule has 0 radical (unpaired) electrons. The molecule has 0 saturated carbocycles. The number of benzene rings is 1. The molecule has 118 valence electrons. The molecule has 21 heavy (non-hydrogen) atoms. The second-order valence-electron chi connectivity index (χ2n) is 5.15. The Morgan fingerprint density at radius 2 is 1.57 bits per heavy atom. The van der Waals surface area contributed by atoms with Gasteiger partial charge in [-0.2, -0.15) is 4.31 Å². The van der Waals surface area contributed by atoms with Crippen molar-refractivity contribution in [2.75, 3.05) is 31.7 Å². The maximum Gasteiger partial charge on any atom is 0.243 e. The van der Waals surface area contributed by atoms with E-state index in [-0.39, 0.29) is 29.5 Å². The van der Waals surface area contributed by atoms with Crippen LogP contribution < -0.4 is 4.74 Å². The van der Waals surface area contributed by atoms with E-state index in [2.05, 4.69) is 0 Å². The van der Waals surface area contributed by atoms with E-state index < -0.39 is 19.9 Å². The molecule has 1 fully saturated rings. The lowest BCUT2D eigenvalue weighted by molar-refractivity contribution is 0.412. The summed E-state index contributed by atoms with van der Waals surface area (Å²) in [6, 6.07) is 3.33. The highest BCUT2D eigenvalue weighted by molar-refractivity contribution is 7.92. The Balaban J connectivity index is 2.41. The Kier molecular flexibility index (Phi) is 4.32. The molecule has 6 nitrogen and oxygen atoms in total. The maximum absolute atomic E-state index is 12.7. The summed E-state index contributed by atoms with van der Waals surface area (Å²) in [4.78, 5) is 0.239. The molecule has 2 rings (SSSR count). The fourth-order valence-corrected chi connectivity index (χ4v) is 5.79. The van der Waals surface area contributed by atoms with Gasteiger partial charge in [-0.1, -0.05) is 0 Å². The fourth-order valence-electron chi connectivity index (χ4n) is 2.50. The monoisotopic (exact) mass is 333 g/mol. The van der Waals surface area contributed by atoms with Crippen LogP contribution in [-0.2, 0) is 19.9 Å². The van der Waals surface area contributed by atoms with Crippen molar-refractivity contribution >= 4 is 19.9 Å². The molecule has 0 unspecified atom stereocenters. The van der Waals surface area contributed by atoms with Crippen LogP contribution in [0.4, 0.5) is 0 Å². The molecule has 8 heteroatoms. The highest BCUT2D eigenvalue weighted by Crippen LogP contribution is 2.28. The number of methoxy groups -OCH3 is 1. The largest absolute Gasteiger partial charge is 0.497 e. The first-order valence-electron chi connectivity index (χ1n) is 6.53. The topological polar surface area (TPSA) is 80.8 Å². The third-order valence-corrected chi connectivity index (χ3v) is 7.38. The summed E-state index contributed by atoms with van der Waals surface area (Å²) in [5.74, 6) is 0.353. The normalized spacial score (nSPS) is 19.4. The van der Waals surface area contributed by atoms with Crippen LogP contribution in [0, 0.1) is 13.8 Å². The molecule has 1 saturated heterocycles. The lowest BCUT2D eigenvalue weighted by Gasteiger charge is -2.27. The molecule has 0 bridgehead atoms. The van der Waals surface area contributed by atoms with Gasteiger partial charge in [0.1, 0.15) is 5.75 Å². The van der Waals surface area contributed by atoms with Crippen LogP contribution in [0.3, 0.4) is 0 Å². The first-order valence-corrected chi connectivity index (χ1v) is 9.79. The van der Waals surface area contributed by atoms with Crippen LogP contribution in [0.2, 0.25) is 0 Å². The van der Waals surface area contributed by atoms with Gasteiger partial charge in [-0.25, -0.2) is 16.8 Å². The van der Waals surface area contributed by atoms with Gasteiger partial charge in [0.15, 0.2) is 9.84 Å². The molecule has 0 spiro atoms. The quantitative estimate of drug-likeness (QED) is 0.815. The Morgan fingerprint density at radius 1 is 1.10 bits per heavy atom. The van der Waals surface area contributed by atoms with Gasteiger partial charge >= 0.3 is 0 Å². The predicted octanol–water partition coefficient (Wildman–Crippen LogP) is 0.731. The number of ether oxygens (including phenoxy) is 1. The van der Waals surface area contributed by atoms with Crippen LogP contribution in [0.1, 0.15) is 11.1 Å². The first-order chi connectivity index (χ1) is 9.67. The third kappa shape index (κ3) is 3.22. The first kappa shape index (κ1) is 16.3. The highest BCUT2D eigenvalue weighted by Gasteiger charge is 2.33. The van der Waals surface area contributed by atoms with Crippen LogP contribution >= 0.6 is 0 Å². The minimum Gasteiger partial charge on any atom is -0.497 e. The second kappa shape index (κ2) is 5.58. The van der Waals surface area contributed by atoms with Gasteiger partial charge in [0.25, 0.3) is 0 Å². The molecular formula is C13H19NO5S2. The van der Waals surface area contributed by atoms with Gasteiger partial charge in [-0.3, -0.25) is 0 Å². The van der Waals surface area contributed by atoms with Crippen molar-refractivity contribution in [1.82, 2.24) is 4.31 Å². The van der Waals surface area contributed by atoms with Crippen molar-refractivity contribution in [3.05, 3.63) is 23.3 Å². The van der Waals surface area contributed by atoms with Crippen LogP contribution in [-0.4, -0.2) is 52.8 Å². The molecule has 0 N–H and O–H groups in total. The van der Waals surface area contributed by atoms with E-state index in [4.69, 9.17) is 4.74 Å². The van der Waals surface area contributed by atoms with E-state index in [0.717, 1.165) is 0 Å². The minimum atomic E-state index is -3.69. The summed E-state index contributed by atoms with van der Waals surface area (Å²) in [5, 5.41) is 0. The zero-order valence-electron chi connectivity index (χ0n) is 12.3. The third-order valence-electron chi connectivity index (χ3n) is 3.57. The zero-order valence-corrected chi connectivity index (χ0v) is 13.9. The average molecular weight is 333 g/mol. The molecule has 0 aromatic heterocycles. The van der Waals surface area contributed by atoms with Crippen molar-refractivity contribution in [3.8, 4) is 5.75 Å². The number of hydrogen-bond acceptors (Lipinski definition) is 5. The number of rotatable bonds is 3. The van der Waals surface area contributed by atoms with Crippen molar-refractivity contribution in [3.63, 3.8) is 0 Å². The Hall–Kier alpha value is -1.12. The van der Waals surface area contributed by atoms with Gasteiger partial charge < -0.3 is 4.74 Å². The molecular weight excluding hydrogens is 314 g/mol. The molecule has 0 atom stereocenters. The standard InChI is InChI=1S/C13H19NO5S2/c1-10-8-12(19-3)9-11(2)13(10)21(17,18)14-4-6-20(15,16)7-5-14/h8-9H,4-7H2,1-3H3. The van der Waals surface area contributed by atoms with E-state index in [1.165, 1.54) is 11.4 Å². The lowest BCUT2D eigenvalue weighted by atomic mass is 10.1. The van der Waals surface area contributed by atoms with Crippen LogP contribution in [0.5, 0.6) is 5.75 Å².